The zero-order valence-corrected chi connectivity index (χ0v) is 15.8. The van der Waals surface area contributed by atoms with Gasteiger partial charge in [-0.2, -0.15) is 0 Å². The third kappa shape index (κ3) is 3.85. The maximum atomic E-state index is 12.1. The summed E-state index contributed by atoms with van der Waals surface area (Å²) in [6, 6.07) is 7.41. The van der Waals surface area contributed by atoms with Gasteiger partial charge < -0.3 is 23.8 Å². The van der Waals surface area contributed by atoms with Gasteiger partial charge in [-0.25, -0.2) is 0 Å². The van der Waals surface area contributed by atoms with E-state index in [4.69, 9.17) is 18.5 Å². The molecule has 2 aromatic heterocycles. The molecule has 0 aliphatic carbocycles. The van der Waals surface area contributed by atoms with Crippen molar-refractivity contribution in [3.05, 3.63) is 47.0 Å². The van der Waals surface area contributed by atoms with E-state index in [1.165, 1.54) is 0 Å². The number of benzene rings is 1. The summed E-state index contributed by atoms with van der Waals surface area (Å²) in [5, 5.41) is 10.8. The first-order valence-electron chi connectivity index (χ1n) is 9.14. The molecule has 0 atom stereocenters. The van der Waals surface area contributed by atoms with Gasteiger partial charge in [0.25, 0.3) is 0 Å². The number of hydrogen-bond donors (Lipinski definition) is 1. The van der Waals surface area contributed by atoms with Crippen molar-refractivity contribution < 1.29 is 23.3 Å². The zero-order valence-electron chi connectivity index (χ0n) is 15.8. The molecule has 1 aromatic carbocycles. The second kappa shape index (κ2) is 7.75. The molecular weight excluding hydrogens is 362 g/mol. The second-order valence-corrected chi connectivity index (χ2v) is 6.62. The first kappa shape index (κ1) is 18.1. The number of carbonyl (C=O) groups excluding carboxylic acids is 1. The molecule has 1 amide bonds. The first-order chi connectivity index (χ1) is 13.6. The molecule has 146 valence electrons. The molecule has 8 heteroatoms. The van der Waals surface area contributed by atoms with Crippen molar-refractivity contribution in [2.45, 2.75) is 33.2 Å². The summed E-state index contributed by atoms with van der Waals surface area (Å²) in [6.45, 7) is 5.10. The third-order valence-electron chi connectivity index (χ3n) is 4.64. The van der Waals surface area contributed by atoms with Crippen molar-refractivity contribution in [2.75, 3.05) is 13.2 Å². The standard InChI is InChI=1S/C20H21N3O5/c1-12-16(13(2)27-22-12)4-6-20(24)21-11-15-10-18(28-23-15)14-3-5-17-19(9-14)26-8-7-25-17/h3,5,9-10H,4,6-8,11H2,1-2H3,(H,21,24). The van der Waals surface area contributed by atoms with Gasteiger partial charge in [-0.05, 0) is 38.5 Å². The lowest BCUT2D eigenvalue weighted by Crippen LogP contribution is -2.23. The zero-order chi connectivity index (χ0) is 19.5. The largest absolute Gasteiger partial charge is 0.486 e. The summed E-state index contributed by atoms with van der Waals surface area (Å²) >= 11 is 0. The van der Waals surface area contributed by atoms with Crippen molar-refractivity contribution in [3.8, 4) is 22.8 Å². The van der Waals surface area contributed by atoms with Gasteiger partial charge in [-0.15, -0.1) is 0 Å². The van der Waals surface area contributed by atoms with E-state index in [9.17, 15) is 4.79 Å². The molecule has 3 aromatic rings. The molecule has 4 rings (SSSR count). The van der Waals surface area contributed by atoms with Gasteiger partial charge in [-0.1, -0.05) is 10.3 Å². The van der Waals surface area contributed by atoms with Gasteiger partial charge in [0.1, 0.15) is 24.7 Å². The quantitative estimate of drug-likeness (QED) is 0.698. The number of amides is 1. The third-order valence-corrected chi connectivity index (χ3v) is 4.64. The lowest BCUT2D eigenvalue weighted by Gasteiger charge is -2.18. The molecule has 0 spiro atoms. The number of hydrogen-bond acceptors (Lipinski definition) is 7. The highest BCUT2D eigenvalue weighted by atomic mass is 16.6. The lowest BCUT2D eigenvalue weighted by atomic mass is 10.1. The minimum Gasteiger partial charge on any atom is -0.486 e. The number of nitrogens with zero attached hydrogens (tertiary/aromatic N) is 2. The van der Waals surface area contributed by atoms with Crippen LogP contribution in [0.25, 0.3) is 11.3 Å². The van der Waals surface area contributed by atoms with Crippen molar-refractivity contribution >= 4 is 5.91 Å². The Labute approximate surface area is 161 Å². The molecule has 0 saturated heterocycles. The number of aryl methyl sites for hydroxylation is 2. The predicted molar refractivity (Wildman–Crippen MR) is 99.1 cm³/mol. The molecule has 0 fully saturated rings. The number of carbonyl (C=O) groups is 1. The van der Waals surface area contributed by atoms with Crippen LogP contribution in [0.15, 0.2) is 33.3 Å². The van der Waals surface area contributed by atoms with Gasteiger partial charge in [0.2, 0.25) is 5.91 Å². The number of aromatic nitrogens is 2. The minimum atomic E-state index is -0.0659. The van der Waals surface area contributed by atoms with Crippen LogP contribution in [0.4, 0.5) is 0 Å². The summed E-state index contributed by atoms with van der Waals surface area (Å²) in [4.78, 5) is 12.1. The highest BCUT2D eigenvalue weighted by Gasteiger charge is 2.15. The number of nitrogens with one attached hydrogen (secondary N) is 1. The second-order valence-electron chi connectivity index (χ2n) is 6.62. The van der Waals surface area contributed by atoms with Crippen LogP contribution in [0.5, 0.6) is 11.5 Å². The fraction of sp³-hybridized carbons (Fsp3) is 0.350. The van der Waals surface area contributed by atoms with E-state index in [1.54, 1.807) is 6.07 Å². The van der Waals surface area contributed by atoms with Crippen LogP contribution in [0.2, 0.25) is 0 Å². The van der Waals surface area contributed by atoms with Crippen LogP contribution in [0.3, 0.4) is 0 Å². The Bertz CT molecular complexity index is 972. The van der Waals surface area contributed by atoms with Crippen LogP contribution in [0.1, 0.15) is 29.1 Å². The molecule has 1 aliphatic rings. The van der Waals surface area contributed by atoms with Gasteiger partial charge in [0, 0.05) is 23.6 Å². The van der Waals surface area contributed by atoms with E-state index in [1.807, 2.05) is 32.0 Å². The summed E-state index contributed by atoms with van der Waals surface area (Å²) in [7, 11) is 0. The Balaban J connectivity index is 1.33. The van der Waals surface area contributed by atoms with Gasteiger partial charge in [0.15, 0.2) is 17.3 Å². The van der Waals surface area contributed by atoms with Gasteiger partial charge in [0.05, 0.1) is 12.2 Å². The molecule has 0 bridgehead atoms. The van der Waals surface area contributed by atoms with Crippen LogP contribution < -0.4 is 14.8 Å². The molecule has 3 heterocycles. The van der Waals surface area contributed by atoms with Gasteiger partial charge in [-0.3, -0.25) is 4.79 Å². The molecule has 8 nitrogen and oxygen atoms in total. The molecule has 1 N–H and O–H groups in total. The predicted octanol–water partition coefficient (Wildman–Crippen LogP) is 2.97. The van der Waals surface area contributed by atoms with E-state index < -0.39 is 0 Å². The van der Waals surface area contributed by atoms with Crippen LogP contribution >= 0.6 is 0 Å². The lowest BCUT2D eigenvalue weighted by molar-refractivity contribution is -0.121. The maximum Gasteiger partial charge on any atom is 0.220 e. The SMILES string of the molecule is Cc1noc(C)c1CCC(=O)NCc1cc(-c2ccc3c(c2)OCCO3)on1. The Morgan fingerprint density at radius 3 is 2.68 bits per heavy atom. The average Bonchev–Trinajstić information content (AvgIpc) is 3.31. The topological polar surface area (TPSA) is 99.6 Å². The van der Waals surface area contributed by atoms with Crippen molar-refractivity contribution in [1.29, 1.82) is 0 Å². The highest BCUT2D eigenvalue weighted by Crippen LogP contribution is 2.34. The number of ether oxygens (including phenoxy) is 2. The number of rotatable bonds is 6. The summed E-state index contributed by atoms with van der Waals surface area (Å²) < 4.78 is 21.6. The van der Waals surface area contributed by atoms with Gasteiger partial charge >= 0.3 is 0 Å². The Kier molecular flexibility index (Phi) is 5.01. The number of fused-ring (bicyclic) bond motifs is 1. The fourth-order valence-electron chi connectivity index (χ4n) is 3.10. The Morgan fingerprint density at radius 1 is 1.07 bits per heavy atom. The van der Waals surface area contributed by atoms with E-state index in [-0.39, 0.29) is 5.91 Å². The van der Waals surface area contributed by atoms with E-state index in [2.05, 4.69) is 15.6 Å². The minimum absolute atomic E-state index is 0.0659. The molecule has 1 aliphatic heterocycles. The summed E-state index contributed by atoms with van der Waals surface area (Å²) in [5.74, 6) is 2.71. The summed E-state index contributed by atoms with van der Waals surface area (Å²) in [6.07, 6.45) is 0.948. The van der Waals surface area contributed by atoms with Crippen LogP contribution in [-0.4, -0.2) is 29.4 Å². The molecule has 0 saturated carbocycles. The monoisotopic (exact) mass is 383 g/mol. The smallest absolute Gasteiger partial charge is 0.220 e. The summed E-state index contributed by atoms with van der Waals surface area (Å²) in [5.41, 5.74) is 3.30. The van der Waals surface area contributed by atoms with E-state index in [0.717, 1.165) is 28.3 Å². The molecule has 0 radical (unpaired) electrons. The normalized spacial score (nSPS) is 12.8. The van der Waals surface area contributed by atoms with Crippen LogP contribution in [0, 0.1) is 13.8 Å². The first-order valence-corrected chi connectivity index (χ1v) is 9.14. The molecule has 0 unspecified atom stereocenters. The Hall–Kier alpha value is -3.29. The molecule has 28 heavy (non-hydrogen) atoms. The van der Waals surface area contributed by atoms with Crippen LogP contribution in [-0.2, 0) is 17.8 Å². The maximum absolute atomic E-state index is 12.1. The average molecular weight is 383 g/mol. The van der Waals surface area contributed by atoms with E-state index >= 15 is 0 Å². The molecular formula is C20H21N3O5. The fourth-order valence-corrected chi connectivity index (χ4v) is 3.10. The Morgan fingerprint density at radius 2 is 1.89 bits per heavy atom. The van der Waals surface area contributed by atoms with Crippen molar-refractivity contribution in [3.63, 3.8) is 0 Å². The van der Waals surface area contributed by atoms with E-state index in [0.29, 0.717) is 49.8 Å². The highest BCUT2D eigenvalue weighted by molar-refractivity contribution is 5.76. The van der Waals surface area contributed by atoms with Crippen molar-refractivity contribution in [1.82, 2.24) is 15.6 Å². The van der Waals surface area contributed by atoms with Crippen molar-refractivity contribution in [2.24, 2.45) is 0 Å².